The van der Waals surface area contributed by atoms with Crippen molar-refractivity contribution >= 4 is 22.8 Å². The van der Waals surface area contributed by atoms with Gasteiger partial charge in [-0.2, -0.15) is 10.2 Å². The molecule has 6 heteroatoms. The van der Waals surface area contributed by atoms with Crippen molar-refractivity contribution in [3.05, 3.63) is 192 Å². The molecule has 0 N–H and O–H groups in total. The number of para-hydroxylation sites is 2. The van der Waals surface area contributed by atoms with Crippen molar-refractivity contribution < 1.29 is 9.47 Å². The first-order chi connectivity index (χ1) is 25.3. The van der Waals surface area contributed by atoms with Crippen LogP contribution in [0.5, 0.6) is 11.5 Å². The molecule has 8 rings (SSSR count). The highest BCUT2D eigenvalue weighted by Gasteiger charge is 2.31. The molecule has 0 radical (unpaired) electrons. The second kappa shape index (κ2) is 15.2. The van der Waals surface area contributed by atoms with Crippen LogP contribution in [0.4, 0.5) is 11.4 Å². The smallest absolute Gasteiger partial charge is 0.119 e. The molecular weight excluding hydrogens is 629 g/mol. The summed E-state index contributed by atoms with van der Waals surface area (Å²) in [4.78, 5) is 0. The first kappa shape index (κ1) is 32.1. The van der Waals surface area contributed by atoms with Gasteiger partial charge >= 0.3 is 0 Å². The molecular formula is C45H40N4O2. The summed E-state index contributed by atoms with van der Waals surface area (Å²) in [6, 6.07) is 58.9. The molecule has 0 spiro atoms. The highest BCUT2D eigenvalue weighted by Crippen LogP contribution is 2.38. The van der Waals surface area contributed by atoms with Gasteiger partial charge in [0.2, 0.25) is 0 Å². The van der Waals surface area contributed by atoms with Crippen molar-refractivity contribution in [1.29, 1.82) is 0 Å². The predicted molar refractivity (Wildman–Crippen MR) is 207 cm³/mol. The number of hydrogen-bond acceptors (Lipinski definition) is 6. The zero-order valence-corrected chi connectivity index (χ0v) is 28.5. The predicted octanol–water partition coefficient (Wildman–Crippen LogP) is 10.2. The first-order valence-corrected chi connectivity index (χ1v) is 17.7. The molecule has 6 aromatic carbocycles. The van der Waals surface area contributed by atoms with E-state index >= 15 is 0 Å². The molecule has 2 atom stereocenters. The Balaban J connectivity index is 0.838. The third-order valence-corrected chi connectivity index (χ3v) is 9.43. The van der Waals surface area contributed by atoms with Crippen LogP contribution in [0.2, 0.25) is 0 Å². The minimum absolute atomic E-state index is 0.157. The van der Waals surface area contributed by atoms with E-state index in [0.717, 1.165) is 64.7 Å². The normalized spacial score (nSPS) is 16.9. The van der Waals surface area contributed by atoms with Gasteiger partial charge in [-0.05, 0) is 95.1 Å². The molecule has 6 aromatic rings. The van der Waals surface area contributed by atoms with Gasteiger partial charge in [-0.1, -0.05) is 97.1 Å². The van der Waals surface area contributed by atoms with E-state index in [9.17, 15) is 0 Å². The Morgan fingerprint density at radius 2 is 0.784 bits per heavy atom. The number of hydrogen-bond donors (Lipinski definition) is 0. The fraction of sp³-hybridized carbons (Fsp3) is 0.156. The van der Waals surface area contributed by atoms with Crippen LogP contribution in [0.1, 0.15) is 53.6 Å². The van der Waals surface area contributed by atoms with Crippen LogP contribution >= 0.6 is 0 Å². The summed E-state index contributed by atoms with van der Waals surface area (Å²) < 4.78 is 12.1. The molecule has 2 aliphatic rings. The topological polar surface area (TPSA) is 49.7 Å². The molecule has 6 nitrogen and oxygen atoms in total. The zero-order chi connectivity index (χ0) is 34.2. The minimum Gasteiger partial charge on any atom is -0.493 e. The van der Waals surface area contributed by atoms with E-state index in [0.29, 0.717) is 13.2 Å². The standard InChI is InChI=1S/C45H40N4O2/c1-5-14-36(15-6-1)44-32-42(46-48(44)38-18-9-3-10-19-38)34-22-26-40(27-23-34)50-30-13-31-51-41-28-24-35(25-29-41)43-33-45(37-16-7-2-8-17-37)49(47-43)39-20-11-4-12-21-39/h1-12,14-29,44-45H,13,30-33H2. The summed E-state index contributed by atoms with van der Waals surface area (Å²) in [6.07, 6.45) is 2.45. The molecule has 0 amide bonds. The lowest BCUT2D eigenvalue weighted by molar-refractivity contribution is 0.247. The third kappa shape index (κ3) is 7.41. The number of ether oxygens (including phenoxy) is 2. The molecule has 51 heavy (non-hydrogen) atoms. The van der Waals surface area contributed by atoms with Crippen LogP contribution in [0.3, 0.4) is 0 Å². The van der Waals surface area contributed by atoms with Gasteiger partial charge in [0.15, 0.2) is 0 Å². The number of benzene rings is 6. The van der Waals surface area contributed by atoms with E-state index in [2.05, 4.69) is 143 Å². The Kier molecular flexibility index (Phi) is 9.55. The minimum atomic E-state index is 0.157. The number of nitrogens with zero attached hydrogens (tertiary/aromatic N) is 4. The quantitative estimate of drug-likeness (QED) is 0.122. The monoisotopic (exact) mass is 668 g/mol. The van der Waals surface area contributed by atoms with E-state index in [-0.39, 0.29) is 12.1 Å². The van der Waals surface area contributed by atoms with Gasteiger partial charge in [0, 0.05) is 19.3 Å². The molecule has 0 fully saturated rings. The van der Waals surface area contributed by atoms with Crippen LogP contribution in [0.15, 0.2) is 180 Å². The molecule has 2 heterocycles. The SMILES string of the molecule is c1ccc(C2CC(c3ccc(OCCCOc4ccc(C5=NN(c6ccccc6)C(c6ccccc6)C5)cc4)cc3)=NN2c2ccccc2)cc1. The summed E-state index contributed by atoms with van der Waals surface area (Å²) in [5.74, 6) is 1.69. The van der Waals surface area contributed by atoms with Crippen LogP contribution in [-0.2, 0) is 0 Å². The van der Waals surface area contributed by atoms with E-state index < -0.39 is 0 Å². The van der Waals surface area contributed by atoms with Crippen molar-refractivity contribution in [2.75, 3.05) is 23.2 Å². The molecule has 0 saturated heterocycles. The van der Waals surface area contributed by atoms with Gasteiger partial charge in [-0.15, -0.1) is 0 Å². The second-order valence-electron chi connectivity index (χ2n) is 12.8. The largest absolute Gasteiger partial charge is 0.493 e. The van der Waals surface area contributed by atoms with E-state index in [1.165, 1.54) is 11.1 Å². The zero-order valence-electron chi connectivity index (χ0n) is 28.5. The average molecular weight is 669 g/mol. The van der Waals surface area contributed by atoms with Crippen molar-refractivity contribution in [2.45, 2.75) is 31.3 Å². The number of anilines is 2. The summed E-state index contributed by atoms with van der Waals surface area (Å²) in [6.45, 7) is 1.15. The summed E-state index contributed by atoms with van der Waals surface area (Å²) in [5.41, 5.74) is 9.07. The fourth-order valence-electron chi connectivity index (χ4n) is 6.80. The van der Waals surface area contributed by atoms with E-state index in [1.807, 2.05) is 36.4 Å². The van der Waals surface area contributed by atoms with Gasteiger partial charge in [0.1, 0.15) is 11.5 Å². The Morgan fingerprint density at radius 1 is 0.431 bits per heavy atom. The lowest BCUT2D eigenvalue weighted by Crippen LogP contribution is -2.18. The fourth-order valence-corrected chi connectivity index (χ4v) is 6.80. The molecule has 2 unspecified atom stereocenters. The van der Waals surface area contributed by atoms with Crippen LogP contribution in [-0.4, -0.2) is 24.6 Å². The lowest BCUT2D eigenvalue weighted by atomic mass is 9.98. The highest BCUT2D eigenvalue weighted by atomic mass is 16.5. The maximum Gasteiger partial charge on any atom is 0.119 e. The number of rotatable bonds is 12. The van der Waals surface area contributed by atoms with Crippen molar-refractivity contribution in [3.8, 4) is 11.5 Å². The summed E-state index contributed by atoms with van der Waals surface area (Å²) in [5, 5.41) is 14.4. The van der Waals surface area contributed by atoms with Gasteiger partial charge in [0.25, 0.3) is 0 Å². The number of hydrazone groups is 2. The van der Waals surface area contributed by atoms with Crippen molar-refractivity contribution in [1.82, 2.24) is 0 Å². The summed E-state index contributed by atoms with van der Waals surface area (Å²) in [7, 11) is 0. The van der Waals surface area contributed by atoms with Gasteiger partial charge < -0.3 is 9.47 Å². The molecule has 0 bridgehead atoms. The van der Waals surface area contributed by atoms with Crippen LogP contribution in [0, 0.1) is 0 Å². The van der Waals surface area contributed by atoms with E-state index in [1.54, 1.807) is 0 Å². The molecule has 252 valence electrons. The maximum atomic E-state index is 6.07. The van der Waals surface area contributed by atoms with E-state index in [4.69, 9.17) is 19.7 Å². The van der Waals surface area contributed by atoms with Crippen LogP contribution in [0.25, 0.3) is 0 Å². The van der Waals surface area contributed by atoms with Gasteiger partial charge in [0.05, 0.1) is 48.1 Å². The van der Waals surface area contributed by atoms with Crippen molar-refractivity contribution in [3.63, 3.8) is 0 Å². The van der Waals surface area contributed by atoms with Gasteiger partial charge in [-0.3, -0.25) is 10.0 Å². The molecule has 0 aromatic heterocycles. The average Bonchev–Trinajstić information content (AvgIpc) is 3.86. The Bertz CT molecular complexity index is 1920. The van der Waals surface area contributed by atoms with Crippen LogP contribution < -0.4 is 19.5 Å². The Hall–Kier alpha value is -6.14. The van der Waals surface area contributed by atoms with Gasteiger partial charge in [-0.25, -0.2) is 0 Å². The lowest BCUT2D eigenvalue weighted by Gasteiger charge is -2.23. The second-order valence-corrected chi connectivity index (χ2v) is 12.8. The Morgan fingerprint density at radius 3 is 1.16 bits per heavy atom. The first-order valence-electron chi connectivity index (χ1n) is 17.7. The van der Waals surface area contributed by atoms with Crippen molar-refractivity contribution in [2.24, 2.45) is 10.2 Å². The highest BCUT2D eigenvalue weighted by molar-refractivity contribution is 6.04. The summed E-state index contributed by atoms with van der Waals surface area (Å²) >= 11 is 0. The molecule has 0 saturated carbocycles. The molecule has 0 aliphatic carbocycles. The Labute approximate surface area is 299 Å². The third-order valence-electron chi connectivity index (χ3n) is 9.43. The molecule has 2 aliphatic heterocycles. The maximum absolute atomic E-state index is 6.07.